The summed E-state index contributed by atoms with van der Waals surface area (Å²) in [6, 6.07) is -1.52. The van der Waals surface area contributed by atoms with Gasteiger partial charge in [-0.25, -0.2) is 4.57 Å². The van der Waals surface area contributed by atoms with Crippen LogP contribution in [0.4, 0.5) is 0 Å². The van der Waals surface area contributed by atoms with Gasteiger partial charge in [-0.1, -0.05) is 180 Å². The van der Waals surface area contributed by atoms with Crippen molar-refractivity contribution >= 4 is 25.7 Å². The molecule has 0 amide bonds. The lowest BCUT2D eigenvalue weighted by Gasteiger charge is -2.20. The topological polar surface area (TPSA) is 172 Å². The number of esters is 2. The van der Waals surface area contributed by atoms with Crippen LogP contribution in [0.1, 0.15) is 219 Å². The predicted molar refractivity (Wildman–Crippen MR) is 226 cm³/mol. The molecule has 0 radical (unpaired) electrons. The molecule has 0 spiro atoms. The SMILES string of the molecule is CCCCCCCC/C=C/CCCCCCCC(=O)O[C@H](COC(=O)CCCCCCCCCCCCCCCCCCC)COP(=O)(O)OC[C@H](N)C(=O)O. The van der Waals surface area contributed by atoms with Gasteiger partial charge in [-0.05, 0) is 38.5 Å². The lowest BCUT2D eigenvalue weighted by Crippen LogP contribution is -2.34. The van der Waals surface area contributed by atoms with Crippen LogP contribution in [-0.2, 0) is 37.5 Å². The van der Waals surface area contributed by atoms with Gasteiger partial charge in [0.15, 0.2) is 6.10 Å². The van der Waals surface area contributed by atoms with Crippen molar-refractivity contribution in [3.05, 3.63) is 12.2 Å². The molecule has 0 fully saturated rings. The van der Waals surface area contributed by atoms with E-state index in [9.17, 15) is 23.8 Å². The van der Waals surface area contributed by atoms with E-state index in [0.29, 0.717) is 12.8 Å². The molecule has 0 saturated heterocycles. The highest BCUT2D eigenvalue weighted by molar-refractivity contribution is 7.47. The summed E-state index contributed by atoms with van der Waals surface area (Å²) >= 11 is 0. The van der Waals surface area contributed by atoms with E-state index in [-0.39, 0.29) is 19.4 Å². The number of nitrogens with two attached hydrogens (primary N) is 1. The van der Waals surface area contributed by atoms with E-state index in [0.717, 1.165) is 57.8 Å². The number of phosphoric acid groups is 1. The highest BCUT2D eigenvalue weighted by atomic mass is 31.2. The second-order valence-corrected chi connectivity index (χ2v) is 17.0. The maximum atomic E-state index is 12.6. The molecule has 0 saturated carbocycles. The number of allylic oxidation sites excluding steroid dienone is 2. The molecule has 330 valence electrons. The zero-order valence-corrected chi connectivity index (χ0v) is 36.6. The summed E-state index contributed by atoms with van der Waals surface area (Å²) in [5, 5.41) is 8.89. The van der Waals surface area contributed by atoms with Crippen LogP contribution in [0.15, 0.2) is 12.2 Å². The lowest BCUT2D eigenvalue weighted by atomic mass is 10.0. The fourth-order valence-electron chi connectivity index (χ4n) is 6.41. The maximum absolute atomic E-state index is 12.6. The van der Waals surface area contributed by atoms with E-state index in [2.05, 4.69) is 30.5 Å². The summed E-state index contributed by atoms with van der Waals surface area (Å²) in [5.41, 5.74) is 5.34. The van der Waals surface area contributed by atoms with Gasteiger partial charge >= 0.3 is 25.7 Å². The van der Waals surface area contributed by atoms with Crippen LogP contribution in [0.2, 0.25) is 0 Å². The summed E-state index contributed by atoms with van der Waals surface area (Å²) in [7, 11) is -4.71. The van der Waals surface area contributed by atoms with Crippen molar-refractivity contribution in [3.8, 4) is 0 Å². The highest BCUT2D eigenvalue weighted by Crippen LogP contribution is 2.43. The molecule has 0 aromatic rings. The number of carboxylic acid groups (broad SMARTS) is 1. The lowest BCUT2D eigenvalue weighted by molar-refractivity contribution is -0.161. The van der Waals surface area contributed by atoms with E-state index in [1.807, 2.05) is 0 Å². The fraction of sp³-hybridized carbons (Fsp3) is 0.886. The van der Waals surface area contributed by atoms with Gasteiger partial charge in [0.25, 0.3) is 0 Å². The van der Waals surface area contributed by atoms with E-state index < -0.39 is 51.1 Å². The number of carbonyl (C=O) groups is 3. The van der Waals surface area contributed by atoms with Gasteiger partial charge in [-0.2, -0.15) is 0 Å². The Bertz CT molecular complexity index is 1010. The van der Waals surface area contributed by atoms with Crippen LogP contribution < -0.4 is 5.73 Å². The van der Waals surface area contributed by atoms with Gasteiger partial charge in [-0.3, -0.25) is 23.4 Å². The Labute approximate surface area is 341 Å². The molecule has 0 bridgehead atoms. The first kappa shape index (κ1) is 54.2. The Morgan fingerprint density at radius 3 is 1.30 bits per heavy atom. The van der Waals surface area contributed by atoms with Crippen molar-refractivity contribution in [2.24, 2.45) is 5.73 Å². The maximum Gasteiger partial charge on any atom is 0.472 e. The molecule has 12 heteroatoms. The minimum Gasteiger partial charge on any atom is -0.480 e. The zero-order chi connectivity index (χ0) is 41.4. The molecule has 0 aliphatic carbocycles. The van der Waals surface area contributed by atoms with E-state index >= 15 is 0 Å². The summed E-state index contributed by atoms with van der Waals surface area (Å²) in [4.78, 5) is 46.0. The molecule has 0 aromatic heterocycles. The number of unbranched alkanes of at least 4 members (excludes halogenated alkanes) is 27. The first-order chi connectivity index (χ1) is 27.1. The summed E-state index contributed by atoms with van der Waals surface area (Å²) in [6.07, 6.45) is 39.8. The molecular formula is C44H84NO10P. The van der Waals surface area contributed by atoms with Crippen molar-refractivity contribution < 1.29 is 47.5 Å². The van der Waals surface area contributed by atoms with Gasteiger partial charge in [0.05, 0.1) is 13.2 Å². The van der Waals surface area contributed by atoms with Gasteiger partial charge in [0.1, 0.15) is 12.6 Å². The number of hydrogen-bond acceptors (Lipinski definition) is 9. The van der Waals surface area contributed by atoms with Crippen LogP contribution in [0.3, 0.4) is 0 Å². The Morgan fingerprint density at radius 1 is 0.536 bits per heavy atom. The van der Waals surface area contributed by atoms with Crippen LogP contribution in [-0.4, -0.2) is 59.9 Å². The number of phosphoric ester groups is 1. The van der Waals surface area contributed by atoms with Crippen LogP contribution in [0.25, 0.3) is 0 Å². The normalized spacial score (nSPS) is 13.8. The van der Waals surface area contributed by atoms with Crippen LogP contribution in [0.5, 0.6) is 0 Å². The van der Waals surface area contributed by atoms with Crippen molar-refractivity contribution in [2.45, 2.75) is 231 Å². The highest BCUT2D eigenvalue weighted by Gasteiger charge is 2.28. The quantitative estimate of drug-likeness (QED) is 0.0231. The molecule has 0 aromatic carbocycles. The smallest absolute Gasteiger partial charge is 0.472 e. The minimum absolute atomic E-state index is 0.155. The summed E-state index contributed by atoms with van der Waals surface area (Å²) < 4.78 is 32.7. The van der Waals surface area contributed by atoms with Crippen LogP contribution in [0, 0.1) is 0 Å². The van der Waals surface area contributed by atoms with Gasteiger partial charge in [-0.15, -0.1) is 0 Å². The molecule has 1 unspecified atom stereocenters. The number of ether oxygens (including phenoxy) is 2. The molecule has 3 atom stereocenters. The summed E-state index contributed by atoms with van der Waals surface area (Å²) in [5.74, 6) is -2.37. The van der Waals surface area contributed by atoms with Crippen molar-refractivity contribution in [1.29, 1.82) is 0 Å². The number of carboxylic acids is 1. The molecule has 0 aliphatic rings. The Hall–Kier alpha value is -1.78. The first-order valence-corrected chi connectivity index (χ1v) is 24.2. The van der Waals surface area contributed by atoms with Gasteiger partial charge in [0.2, 0.25) is 0 Å². The van der Waals surface area contributed by atoms with Crippen molar-refractivity contribution in [1.82, 2.24) is 0 Å². The Morgan fingerprint density at radius 2 is 0.893 bits per heavy atom. The molecule has 0 heterocycles. The molecule has 0 aliphatic heterocycles. The molecule has 11 nitrogen and oxygen atoms in total. The second-order valence-electron chi connectivity index (χ2n) is 15.5. The third-order valence-electron chi connectivity index (χ3n) is 10.0. The van der Waals surface area contributed by atoms with E-state index in [1.165, 1.54) is 122 Å². The Kier molecular flexibility index (Phi) is 38.7. The molecule has 4 N–H and O–H groups in total. The van der Waals surface area contributed by atoms with E-state index in [1.54, 1.807) is 0 Å². The van der Waals surface area contributed by atoms with E-state index in [4.69, 9.17) is 24.8 Å². The first-order valence-electron chi connectivity index (χ1n) is 22.7. The Balaban J connectivity index is 4.31. The standard InChI is InChI=1S/C44H84NO10P/c1-3-5-7-9-11-13-15-17-19-20-22-23-25-27-29-31-33-35-42(46)52-37-40(38-53-56(50,51)54-39-41(45)44(48)49)55-43(47)36-34-32-30-28-26-24-21-18-16-14-12-10-8-6-4-2/h18,21,40-41H,3-17,19-20,22-39,45H2,1-2H3,(H,48,49)(H,50,51)/b21-18+/t40-,41+/m1/s1. The van der Waals surface area contributed by atoms with Crippen molar-refractivity contribution in [2.75, 3.05) is 19.8 Å². The average Bonchev–Trinajstić information content (AvgIpc) is 3.17. The molecular weight excluding hydrogens is 733 g/mol. The van der Waals surface area contributed by atoms with Crippen LogP contribution >= 0.6 is 7.82 Å². The predicted octanol–water partition coefficient (Wildman–Crippen LogP) is 12.1. The molecule has 56 heavy (non-hydrogen) atoms. The molecule has 0 rings (SSSR count). The number of aliphatic carboxylic acids is 1. The third-order valence-corrected chi connectivity index (χ3v) is 11.0. The fourth-order valence-corrected chi connectivity index (χ4v) is 7.19. The largest absolute Gasteiger partial charge is 0.480 e. The number of hydrogen-bond donors (Lipinski definition) is 3. The second kappa shape index (κ2) is 40.0. The summed E-state index contributed by atoms with van der Waals surface area (Å²) in [6.45, 7) is 2.82. The van der Waals surface area contributed by atoms with Crippen molar-refractivity contribution in [3.63, 3.8) is 0 Å². The zero-order valence-electron chi connectivity index (χ0n) is 35.7. The minimum atomic E-state index is -4.71. The average molecular weight is 818 g/mol. The monoisotopic (exact) mass is 818 g/mol. The van der Waals surface area contributed by atoms with Gasteiger partial charge < -0.3 is 25.2 Å². The van der Waals surface area contributed by atoms with Gasteiger partial charge in [0, 0.05) is 12.8 Å². The number of rotatable bonds is 43. The third kappa shape index (κ3) is 39.1. The number of carbonyl (C=O) groups excluding carboxylic acids is 2.